The molecule has 3 nitrogen and oxygen atoms in total. The van der Waals surface area contributed by atoms with Gasteiger partial charge in [0.2, 0.25) is 0 Å². The number of carbonyl (C=O) groups excluding carboxylic acids is 2. The fourth-order valence-electron chi connectivity index (χ4n) is 1.29. The zero-order valence-electron chi connectivity index (χ0n) is 6.26. The molecule has 0 aliphatic heterocycles. The highest BCUT2D eigenvalue weighted by atomic mass is 79.9. The van der Waals surface area contributed by atoms with Crippen LogP contribution in [-0.2, 0) is 14.5 Å². The summed E-state index contributed by atoms with van der Waals surface area (Å²) in [5.41, 5.74) is 0. The Morgan fingerprint density at radius 3 is 2.83 bits per heavy atom. The molecule has 0 amide bonds. The van der Waals surface area contributed by atoms with Crippen LogP contribution in [0.25, 0.3) is 0 Å². The summed E-state index contributed by atoms with van der Waals surface area (Å²) in [4.78, 5) is 24.6. The number of rotatable bonds is 1. The van der Waals surface area contributed by atoms with Crippen molar-refractivity contribution in [3.8, 4) is 0 Å². The number of ketones is 1. The summed E-state index contributed by atoms with van der Waals surface area (Å²) < 4.78 is 11.5. The normalized spacial score (nSPS) is 30.0. The van der Waals surface area contributed by atoms with E-state index in [2.05, 4.69) is 20.9 Å². The Kier molecular flexibility index (Phi) is 3.20. The maximum absolute atomic E-state index is 11.5. The second-order valence-corrected chi connectivity index (χ2v) is 3.85. The average Bonchev–Trinajstić information content (AvgIpc) is 2.08. The molecule has 0 aromatic rings. The molecule has 0 radical (unpaired) electrons. The van der Waals surface area contributed by atoms with Crippen molar-refractivity contribution in [3.63, 3.8) is 0 Å². The molecule has 0 saturated heterocycles. The molecule has 68 valence electrons. The highest BCUT2D eigenvalue weighted by Gasteiger charge is 2.36. The van der Waals surface area contributed by atoms with Gasteiger partial charge in [0.05, 0.1) is 4.83 Å². The SMILES string of the molecule is O=C(OF)C1CCCC(Br)C1=O. The average molecular weight is 239 g/mol. The summed E-state index contributed by atoms with van der Waals surface area (Å²) in [5.74, 6) is -2.25. The Bertz CT molecular complexity index is 207. The summed E-state index contributed by atoms with van der Waals surface area (Å²) in [6.45, 7) is 0. The van der Waals surface area contributed by atoms with Crippen LogP contribution in [0.15, 0.2) is 0 Å². The molecule has 0 aromatic carbocycles. The predicted octanol–water partition coefficient (Wildman–Crippen LogP) is 1.55. The zero-order chi connectivity index (χ0) is 9.14. The van der Waals surface area contributed by atoms with E-state index < -0.39 is 11.9 Å². The Hall–Kier alpha value is -0.450. The lowest BCUT2D eigenvalue weighted by molar-refractivity contribution is -0.190. The second-order valence-electron chi connectivity index (χ2n) is 2.75. The molecule has 0 N–H and O–H groups in total. The lowest BCUT2D eigenvalue weighted by Crippen LogP contribution is -2.34. The minimum Gasteiger partial charge on any atom is -0.297 e. The van der Waals surface area contributed by atoms with Gasteiger partial charge in [0.15, 0.2) is 5.78 Å². The van der Waals surface area contributed by atoms with E-state index in [1.165, 1.54) is 0 Å². The lowest BCUT2D eigenvalue weighted by Gasteiger charge is -2.20. The maximum atomic E-state index is 11.5. The number of Topliss-reactive ketones (excluding diaryl/α,β-unsaturated/α-hetero) is 1. The summed E-state index contributed by atoms with van der Waals surface area (Å²) in [6.07, 6.45) is 1.83. The highest BCUT2D eigenvalue weighted by molar-refractivity contribution is 9.10. The molecule has 5 heteroatoms. The molecule has 2 atom stereocenters. The first kappa shape index (κ1) is 9.64. The third-order valence-corrected chi connectivity index (χ3v) is 2.87. The van der Waals surface area contributed by atoms with Gasteiger partial charge >= 0.3 is 5.97 Å². The molecule has 0 heterocycles. The van der Waals surface area contributed by atoms with Gasteiger partial charge in [0, 0.05) is 4.53 Å². The van der Waals surface area contributed by atoms with Gasteiger partial charge in [0.25, 0.3) is 0 Å². The first-order chi connectivity index (χ1) is 5.66. The molecule has 1 fully saturated rings. The number of alkyl halides is 1. The quantitative estimate of drug-likeness (QED) is 0.515. The fourth-order valence-corrected chi connectivity index (χ4v) is 1.93. The first-order valence-corrected chi connectivity index (χ1v) is 4.58. The number of hydrogen-bond donors (Lipinski definition) is 0. The smallest absolute Gasteiger partial charge is 0.297 e. The van der Waals surface area contributed by atoms with Gasteiger partial charge in [-0.1, -0.05) is 22.4 Å². The molecule has 1 aliphatic rings. The monoisotopic (exact) mass is 238 g/mol. The van der Waals surface area contributed by atoms with E-state index in [1.807, 2.05) is 0 Å². The van der Waals surface area contributed by atoms with Crippen LogP contribution in [0.5, 0.6) is 0 Å². The van der Waals surface area contributed by atoms with E-state index >= 15 is 0 Å². The van der Waals surface area contributed by atoms with Crippen LogP contribution in [0.2, 0.25) is 0 Å². The molecule has 2 unspecified atom stereocenters. The van der Waals surface area contributed by atoms with Crippen molar-refractivity contribution in [2.45, 2.75) is 24.1 Å². The van der Waals surface area contributed by atoms with Gasteiger partial charge in [0.1, 0.15) is 5.92 Å². The molecule has 1 aliphatic carbocycles. The van der Waals surface area contributed by atoms with Crippen molar-refractivity contribution in [3.05, 3.63) is 0 Å². The van der Waals surface area contributed by atoms with Crippen molar-refractivity contribution in [1.29, 1.82) is 0 Å². The van der Waals surface area contributed by atoms with E-state index in [4.69, 9.17) is 0 Å². The molecule has 1 saturated carbocycles. The van der Waals surface area contributed by atoms with Crippen LogP contribution >= 0.6 is 15.9 Å². The van der Waals surface area contributed by atoms with Crippen molar-refractivity contribution in [2.24, 2.45) is 5.92 Å². The molecule has 12 heavy (non-hydrogen) atoms. The maximum Gasteiger partial charge on any atom is 0.359 e. The minimum absolute atomic E-state index is 0.274. The fraction of sp³-hybridized carbons (Fsp3) is 0.714. The minimum atomic E-state index is -1.07. The second kappa shape index (κ2) is 3.98. The topological polar surface area (TPSA) is 43.4 Å². The zero-order valence-corrected chi connectivity index (χ0v) is 7.84. The summed E-state index contributed by atoms with van der Waals surface area (Å²) in [5, 5.41) is 0. The van der Waals surface area contributed by atoms with Crippen LogP contribution in [0.4, 0.5) is 4.53 Å². The van der Waals surface area contributed by atoms with E-state index in [0.717, 1.165) is 6.42 Å². The van der Waals surface area contributed by atoms with Gasteiger partial charge in [-0.25, -0.2) is 4.79 Å². The first-order valence-electron chi connectivity index (χ1n) is 3.67. The highest BCUT2D eigenvalue weighted by Crippen LogP contribution is 2.26. The van der Waals surface area contributed by atoms with Gasteiger partial charge in [-0.2, -0.15) is 0 Å². The Morgan fingerprint density at radius 1 is 1.58 bits per heavy atom. The molecule has 1 rings (SSSR count). The lowest BCUT2D eigenvalue weighted by atomic mass is 9.88. The Morgan fingerprint density at radius 2 is 2.25 bits per heavy atom. The van der Waals surface area contributed by atoms with Crippen LogP contribution < -0.4 is 0 Å². The van der Waals surface area contributed by atoms with E-state index in [9.17, 15) is 14.1 Å². The standard InChI is InChI=1S/C7H8BrFO3/c8-5-3-1-2-4(6(5)10)7(11)12-9/h4-5H,1-3H2. The van der Waals surface area contributed by atoms with Crippen molar-refractivity contribution < 1.29 is 19.1 Å². The third-order valence-electron chi connectivity index (χ3n) is 1.96. The van der Waals surface area contributed by atoms with Crippen molar-refractivity contribution >= 4 is 27.7 Å². The van der Waals surface area contributed by atoms with Gasteiger partial charge in [-0.15, -0.1) is 0 Å². The summed E-state index contributed by atoms with van der Waals surface area (Å²) in [7, 11) is 0. The van der Waals surface area contributed by atoms with Crippen LogP contribution in [-0.4, -0.2) is 16.6 Å². The van der Waals surface area contributed by atoms with Crippen molar-refractivity contribution in [2.75, 3.05) is 0 Å². The number of halogens is 2. The Balaban J connectivity index is 2.64. The summed E-state index contributed by atoms with van der Waals surface area (Å²) in [6, 6.07) is 0. The number of carbonyl (C=O) groups is 2. The summed E-state index contributed by atoms with van der Waals surface area (Å²) >= 11 is 3.11. The van der Waals surface area contributed by atoms with E-state index in [-0.39, 0.29) is 10.6 Å². The van der Waals surface area contributed by atoms with Crippen LogP contribution in [0.3, 0.4) is 0 Å². The predicted molar refractivity (Wildman–Crippen MR) is 42.3 cm³/mol. The van der Waals surface area contributed by atoms with Gasteiger partial charge in [-0.05, 0) is 12.8 Å². The molecule has 0 aromatic heterocycles. The Labute approximate surface area is 77.3 Å². The van der Waals surface area contributed by atoms with Crippen LogP contribution in [0, 0.1) is 5.92 Å². The third kappa shape index (κ3) is 1.83. The molecular weight excluding hydrogens is 231 g/mol. The molecule has 0 bridgehead atoms. The van der Waals surface area contributed by atoms with Gasteiger partial charge in [-0.3, -0.25) is 9.74 Å². The number of hydrogen-bond acceptors (Lipinski definition) is 3. The van der Waals surface area contributed by atoms with E-state index in [1.54, 1.807) is 0 Å². The van der Waals surface area contributed by atoms with Crippen LogP contribution in [0.1, 0.15) is 19.3 Å². The van der Waals surface area contributed by atoms with Gasteiger partial charge < -0.3 is 0 Å². The van der Waals surface area contributed by atoms with Crippen molar-refractivity contribution in [1.82, 2.24) is 0 Å². The molecular formula is C7H8BrFO3. The largest absolute Gasteiger partial charge is 0.359 e. The van der Waals surface area contributed by atoms with E-state index in [0.29, 0.717) is 12.8 Å². The molecule has 0 spiro atoms.